The smallest absolute Gasteiger partial charge is 0.321 e. The van der Waals surface area contributed by atoms with Gasteiger partial charge in [-0.2, -0.15) is 5.10 Å². The summed E-state index contributed by atoms with van der Waals surface area (Å²) in [5, 5.41) is 11.9. The summed E-state index contributed by atoms with van der Waals surface area (Å²) < 4.78 is 1.85. The quantitative estimate of drug-likeness (QED) is 0.280. The number of carbonyl (C=O) groups excluding carboxylic acids is 2. The lowest BCUT2D eigenvalue weighted by Crippen LogP contribution is -2.40. The molecule has 3 amide bonds. The van der Waals surface area contributed by atoms with Crippen molar-refractivity contribution in [3.05, 3.63) is 59.0 Å². The third-order valence-electron chi connectivity index (χ3n) is 7.60. The number of hydrogen-bond donors (Lipinski definition) is 2. The molecule has 0 spiro atoms. The number of urea groups is 1. The molecule has 0 saturated heterocycles. The van der Waals surface area contributed by atoms with E-state index in [4.69, 9.17) is 16.7 Å². The molecule has 1 saturated carbocycles. The maximum Gasteiger partial charge on any atom is 0.321 e. The molecule has 1 aromatic carbocycles. The highest BCUT2D eigenvalue weighted by molar-refractivity contribution is 7.19. The third kappa shape index (κ3) is 5.09. The number of aromatic nitrogens is 4. The van der Waals surface area contributed by atoms with Crippen LogP contribution in [-0.4, -0.2) is 49.7 Å². The van der Waals surface area contributed by atoms with E-state index in [-0.39, 0.29) is 18.0 Å². The summed E-state index contributed by atoms with van der Waals surface area (Å²) in [6, 6.07) is 9.51. The second-order valence-electron chi connectivity index (χ2n) is 10.3. The van der Waals surface area contributed by atoms with Crippen molar-refractivity contribution in [1.82, 2.24) is 24.6 Å². The van der Waals surface area contributed by atoms with Crippen LogP contribution in [-0.2, 0) is 17.6 Å². The Hall–Kier alpha value is -3.76. The van der Waals surface area contributed by atoms with Crippen LogP contribution in [0.1, 0.15) is 50.3 Å². The molecule has 2 N–H and O–H groups in total. The Bertz CT molecular complexity index is 1580. The van der Waals surface area contributed by atoms with E-state index < -0.39 is 0 Å². The second kappa shape index (κ2) is 11.0. The van der Waals surface area contributed by atoms with Crippen molar-refractivity contribution >= 4 is 45.7 Å². The first-order valence-electron chi connectivity index (χ1n) is 13.5. The zero-order valence-corrected chi connectivity index (χ0v) is 24.0. The minimum absolute atomic E-state index is 0.133. The number of carbonyl (C=O) groups is 2. The summed E-state index contributed by atoms with van der Waals surface area (Å²) in [6.07, 6.45) is 10.7. The number of pyridine rings is 1. The zero-order valence-electron chi connectivity index (χ0n) is 22.4. The summed E-state index contributed by atoms with van der Waals surface area (Å²) in [5.74, 6) is -0.161. The number of amides is 3. The molecule has 1 fully saturated rings. The van der Waals surface area contributed by atoms with Crippen LogP contribution >= 0.6 is 22.9 Å². The van der Waals surface area contributed by atoms with Gasteiger partial charge < -0.3 is 15.5 Å². The normalized spacial score (nSPS) is 14.8. The van der Waals surface area contributed by atoms with Crippen molar-refractivity contribution in [3.8, 4) is 27.5 Å². The van der Waals surface area contributed by atoms with Gasteiger partial charge in [-0.3, -0.25) is 9.78 Å². The summed E-state index contributed by atoms with van der Waals surface area (Å²) in [7, 11) is 1.86. The van der Waals surface area contributed by atoms with Gasteiger partial charge in [-0.05, 0) is 56.0 Å². The highest BCUT2D eigenvalue weighted by Gasteiger charge is 2.31. The van der Waals surface area contributed by atoms with Crippen LogP contribution in [0.3, 0.4) is 0 Å². The lowest BCUT2D eigenvalue weighted by atomic mass is 9.95. The number of nitrogens with zero attached hydrogens (tertiary/aromatic N) is 5. The molecule has 2 aliphatic rings. The highest BCUT2D eigenvalue weighted by Crippen LogP contribution is 2.44. The zero-order chi connectivity index (χ0) is 27.8. The van der Waals surface area contributed by atoms with E-state index in [9.17, 15) is 9.59 Å². The monoisotopic (exact) mass is 575 g/mol. The topological polar surface area (TPSA) is 105 Å². The number of hydrogen-bond acceptors (Lipinski definition) is 6. The molecule has 3 aromatic heterocycles. The van der Waals surface area contributed by atoms with E-state index in [0.29, 0.717) is 21.5 Å². The van der Waals surface area contributed by atoms with E-state index in [1.165, 1.54) is 24.7 Å². The van der Waals surface area contributed by atoms with E-state index in [2.05, 4.69) is 20.6 Å². The molecule has 2 aliphatic carbocycles. The fraction of sp³-hybridized carbons (Fsp3) is 0.345. The fourth-order valence-corrected chi connectivity index (χ4v) is 6.96. The van der Waals surface area contributed by atoms with Crippen LogP contribution in [0.5, 0.6) is 0 Å². The van der Waals surface area contributed by atoms with Gasteiger partial charge in [0, 0.05) is 49.2 Å². The number of halogens is 1. The summed E-state index contributed by atoms with van der Waals surface area (Å²) in [5.41, 5.74) is 5.98. The Morgan fingerprint density at radius 3 is 2.67 bits per heavy atom. The molecule has 0 atom stereocenters. The van der Waals surface area contributed by atoms with Crippen molar-refractivity contribution in [3.63, 3.8) is 0 Å². The molecule has 3 heterocycles. The van der Waals surface area contributed by atoms with Gasteiger partial charge >= 0.3 is 6.03 Å². The Kier molecular flexibility index (Phi) is 7.29. The molecule has 0 unspecified atom stereocenters. The van der Waals surface area contributed by atoms with Crippen LogP contribution in [0.4, 0.5) is 15.6 Å². The predicted octanol–water partition coefficient (Wildman–Crippen LogP) is 6.56. The van der Waals surface area contributed by atoms with Gasteiger partial charge in [-0.1, -0.05) is 42.2 Å². The van der Waals surface area contributed by atoms with Gasteiger partial charge in [-0.15, -0.1) is 0 Å². The van der Waals surface area contributed by atoms with Gasteiger partial charge in [0.05, 0.1) is 32.7 Å². The van der Waals surface area contributed by atoms with Gasteiger partial charge in [0.15, 0.2) is 5.13 Å². The van der Waals surface area contributed by atoms with Crippen molar-refractivity contribution in [2.45, 2.75) is 57.9 Å². The predicted molar refractivity (Wildman–Crippen MR) is 158 cm³/mol. The molecule has 4 aromatic rings. The van der Waals surface area contributed by atoms with Gasteiger partial charge in [0.1, 0.15) is 0 Å². The maximum atomic E-state index is 13.0. The standard InChI is InChI=1S/C29H30ClN7O2S/c1-17(38)32-28-34-23-12-11-21-25(18-7-6-14-31-16-18)35-37(26(21)27(23)40-28)24-13-10-19(15-22(24)30)33-29(39)36(2)20-8-4-3-5-9-20/h6-7,10,13-16,20H,3-5,8-9,11-12H2,1-2H3,(H,33,39)(H,32,34,38). The number of fused-ring (bicyclic) bond motifs is 3. The first kappa shape index (κ1) is 26.5. The van der Waals surface area contributed by atoms with Gasteiger partial charge in [0.2, 0.25) is 5.91 Å². The molecule has 0 bridgehead atoms. The largest absolute Gasteiger partial charge is 0.325 e. The molecule has 9 nitrogen and oxygen atoms in total. The summed E-state index contributed by atoms with van der Waals surface area (Å²) >= 11 is 8.30. The van der Waals surface area contributed by atoms with Gasteiger partial charge in [-0.25, -0.2) is 14.5 Å². The Morgan fingerprint density at radius 1 is 1.12 bits per heavy atom. The average molecular weight is 576 g/mol. The average Bonchev–Trinajstić information content (AvgIpc) is 3.54. The second-order valence-corrected chi connectivity index (χ2v) is 11.7. The van der Waals surface area contributed by atoms with Crippen molar-refractivity contribution in [1.29, 1.82) is 0 Å². The lowest BCUT2D eigenvalue weighted by Gasteiger charge is -2.31. The van der Waals surface area contributed by atoms with Crippen LogP contribution < -0.4 is 10.6 Å². The molecule has 206 valence electrons. The van der Waals surface area contributed by atoms with Crippen molar-refractivity contribution < 1.29 is 9.59 Å². The molecular formula is C29H30ClN7O2S. The third-order valence-corrected chi connectivity index (χ3v) is 8.92. The maximum absolute atomic E-state index is 13.0. The van der Waals surface area contributed by atoms with Crippen LogP contribution in [0.15, 0.2) is 42.7 Å². The number of thiazole rings is 1. The minimum Gasteiger partial charge on any atom is -0.325 e. The number of anilines is 2. The molecule has 40 heavy (non-hydrogen) atoms. The van der Waals surface area contributed by atoms with Crippen molar-refractivity contribution in [2.24, 2.45) is 0 Å². The highest BCUT2D eigenvalue weighted by atomic mass is 35.5. The Labute approximate surface area is 241 Å². The van der Waals surface area contributed by atoms with Gasteiger partial charge in [0.25, 0.3) is 0 Å². The molecule has 0 aliphatic heterocycles. The minimum atomic E-state index is -0.161. The summed E-state index contributed by atoms with van der Waals surface area (Å²) in [4.78, 5) is 36.4. The van der Waals surface area contributed by atoms with Crippen LogP contribution in [0, 0.1) is 0 Å². The van der Waals surface area contributed by atoms with E-state index in [1.54, 1.807) is 18.5 Å². The summed E-state index contributed by atoms with van der Waals surface area (Å²) in [6.45, 7) is 1.48. The molecular weight excluding hydrogens is 546 g/mol. The fourth-order valence-electron chi connectivity index (χ4n) is 5.59. The number of rotatable bonds is 5. The van der Waals surface area contributed by atoms with Crippen molar-refractivity contribution in [2.75, 3.05) is 17.7 Å². The Balaban J connectivity index is 1.37. The first-order chi connectivity index (χ1) is 19.4. The van der Waals surface area contributed by atoms with E-state index >= 15 is 0 Å². The Morgan fingerprint density at radius 2 is 1.95 bits per heavy atom. The number of aryl methyl sites for hydroxylation is 1. The number of benzene rings is 1. The number of nitrogens with one attached hydrogen (secondary N) is 2. The van der Waals surface area contributed by atoms with E-state index in [0.717, 1.165) is 71.6 Å². The van der Waals surface area contributed by atoms with Crippen LogP contribution in [0.25, 0.3) is 27.5 Å². The molecule has 6 rings (SSSR count). The SMILES string of the molecule is CC(=O)Nc1nc2c(s1)-c1c(c(-c3cccnc3)nn1-c1ccc(NC(=O)N(C)C3CCCCC3)cc1Cl)CC2. The van der Waals surface area contributed by atoms with Crippen LogP contribution in [0.2, 0.25) is 5.02 Å². The first-order valence-corrected chi connectivity index (χ1v) is 14.7. The van der Waals surface area contributed by atoms with E-state index in [1.807, 2.05) is 40.9 Å². The lowest BCUT2D eigenvalue weighted by molar-refractivity contribution is -0.114. The molecule has 0 radical (unpaired) electrons. The molecule has 11 heteroatoms.